The molecule has 1 aromatic rings. The molecule has 0 spiro atoms. The number of fused-ring (bicyclic) bond motifs is 5. The predicted molar refractivity (Wildman–Crippen MR) is 154 cm³/mol. The van der Waals surface area contributed by atoms with Crippen LogP contribution in [-0.4, -0.2) is 16.4 Å². The minimum Gasteiger partial charge on any atom is -0.457 e. The first-order chi connectivity index (χ1) is 17.5. The minimum absolute atomic E-state index is 0.101. The Bertz CT molecular complexity index is 1040. The Hall–Kier alpha value is -0.580. The van der Waals surface area contributed by atoms with E-state index in [1.54, 1.807) is 0 Å². The lowest BCUT2D eigenvalue weighted by atomic mass is 9.47. The molecule has 3 saturated carbocycles. The van der Waals surface area contributed by atoms with Crippen LogP contribution >= 0.6 is 34.7 Å². The zero-order valence-electron chi connectivity index (χ0n) is 23.3. The number of ether oxygens (including phenoxy) is 1. The van der Waals surface area contributed by atoms with Crippen LogP contribution in [0.4, 0.5) is 0 Å². The van der Waals surface area contributed by atoms with Gasteiger partial charge in [-0.15, -0.1) is 0 Å². The summed E-state index contributed by atoms with van der Waals surface area (Å²) >= 11 is 13.2. The number of nitrogens with zero attached hydrogens (tertiary/aromatic N) is 1. The van der Waals surface area contributed by atoms with E-state index < -0.39 is 5.97 Å². The van der Waals surface area contributed by atoms with Crippen molar-refractivity contribution >= 4 is 40.7 Å². The highest BCUT2D eigenvalue weighted by molar-refractivity contribution is 7.11. The number of esters is 1. The van der Waals surface area contributed by atoms with Gasteiger partial charge in [-0.25, -0.2) is 4.79 Å². The smallest absolute Gasteiger partial charge is 0.359 e. The van der Waals surface area contributed by atoms with Gasteiger partial charge in [-0.1, -0.05) is 88.7 Å². The van der Waals surface area contributed by atoms with Crippen LogP contribution in [0.1, 0.15) is 116 Å². The summed E-state index contributed by atoms with van der Waals surface area (Å²) in [6.45, 7) is 12.5. The van der Waals surface area contributed by atoms with Gasteiger partial charge in [0.15, 0.2) is 5.69 Å². The summed E-state index contributed by atoms with van der Waals surface area (Å²) < 4.78 is 10.3. The normalized spacial score (nSPS) is 37.9. The average Bonchev–Trinajstić information content (AvgIpc) is 3.37. The van der Waals surface area contributed by atoms with Gasteiger partial charge in [0.2, 0.25) is 0 Å². The molecule has 37 heavy (non-hydrogen) atoms. The number of halogens is 2. The van der Waals surface area contributed by atoms with Gasteiger partial charge in [-0.3, -0.25) is 0 Å². The fraction of sp³-hybridized carbons (Fsp3) is 0.806. The predicted octanol–water partition coefficient (Wildman–Crippen LogP) is 10.0. The first-order valence-electron chi connectivity index (χ1n) is 14.8. The standard InChI is InChI=1S/C31H45Cl2NO2S/c1-18(2)7-6-8-19(3)23-11-12-24-22-10-9-20-17-21(36-29(35)27-26(32)28(33)37-34-27)13-15-30(20,4)25(22)14-16-31(23,24)5/h9,18-19,21-25H,6-8,10-17H2,1-5H3/t19-,21+,22+,23-,24+,25+,30+,31-/m1/s1. The minimum atomic E-state index is -0.441. The molecule has 0 N–H and O–H groups in total. The molecule has 1 heterocycles. The van der Waals surface area contributed by atoms with Crippen LogP contribution in [0.15, 0.2) is 11.6 Å². The van der Waals surface area contributed by atoms with Crippen LogP contribution in [0.3, 0.4) is 0 Å². The van der Waals surface area contributed by atoms with Crippen LogP contribution in [0.2, 0.25) is 9.36 Å². The van der Waals surface area contributed by atoms with E-state index >= 15 is 0 Å². The molecule has 206 valence electrons. The van der Waals surface area contributed by atoms with Crippen LogP contribution in [0.25, 0.3) is 0 Å². The Labute approximate surface area is 238 Å². The van der Waals surface area contributed by atoms with Gasteiger partial charge in [0.1, 0.15) is 15.5 Å². The maximum Gasteiger partial charge on any atom is 0.359 e. The molecular formula is C31H45Cl2NO2S. The van der Waals surface area contributed by atoms with Crippen molar-refractivity contribution in [3.05, 3.63) is 26.7 Å². The average molecular weight is 567 g/mol. The first-order valence-corrected chi connectivity index (χ1v) is 16.3. The third-order valence-corrected chi connectivity index (χ3v) is 12.9. The summed E-state index contributed by atoms with van der Waals surface area (Å²) in [7, 11) is 0. The topological polar surface area (TPSA) is 39.2 Å². The fourth-order valence-corrected chi connectivity index (χ4v) is 10.3. The third kappa shape index (κ3) is 5.06. The summed E-state index contributed by atoms with van der Waals surface area (Å²) in [5.74, 6) is 4.57. The highest BCUT2D eigenvalue weighted by Crippen LogP contribution is 2.67. The lowest BCUT2D eigenvalue weighted by Gasteiger charge is -2.58. The van der Waals surface area contributed by atoms with Gasteiger partial charge in [0.05, 0.1) is 0 Å². The molecule has 6 heteroatoms. The SMILES string of the molecule is CC(C)CCC[C@@H](C)[C@H]1CC[C@H]2[C@@H]3CC=C4C[C@@H](OC(=O)c5nsc(Cl)c5Cl)CC[C@]4(C)[C@H]3CC[C@]12C. The molecule has 0 saturated heterocycles. The van der Waals surface area contributed by atoms with Gasteiger partial charge in [0.25, 0.3) is 0 Å². The van der Waals surface area contributed by atoms with Gasteiger partial charge >= 0.3 is 5.97 Å². The first kappa shape index (κ1) is 28.0. The number of hydrogen-bond donors (Lipinski definition) is 0. The molecule has 0 radical (unpaired) electrons. The van der Waals surface area contributed by atoms with Crippen molar-refractivity contribution in [2.24, 2.45) is 46.3 Å². The lowest BCUT2D eigenvalue weighted by molar-refractivity contribution is -0.0595. The second-order valence-corrected chi connectivity index (χ2v) is 15.4. The van der Waals surface area contributed by atoms with E-state index in [0.717, 1.165) is 66.3 Å². The quantitative estimate of drug-likeness (QED) is 0.244. The molecule has 5 rings (SSSR count). The van der Waals surface area contributed by atoms with Crippen molar-refractivity contribution < 1.29 is 9.53 Å². The number of carbonyl (C=O) groups is 1. The lowest BCUT2D eigenvalue weighted by Crippen LogP contribution is -2.51. The highest BCUT2D eigenvalue weighted by atomic mass is 35.5. The monoisotopic (exact) mass is 565 g/mol. The Morgan fingerprint density at radius 3 is 2.59 bits per heavy atom. The molecule has 0 unspecified atom stereocenters. The van der Waals surface area contributed by atoms with E-state index in [2.05, 4.69) is 45.1 Å². The second-order valence-electron chi connectivity index (χ2n) is 13.7. The Morgan fingerprint density at radius 1 is 1.11 bits per heavy atom. The van der Waals surface area contributed by atoms with E-state index in [4.69, 9.17) is 27.9 Å². The van der Waals surface area contributed by atoms with Crippen molar-refractivity contribution in [3.8, 4) is 0 Å². The molecular weight excluding hydrogens is 521 g/mol. The van der Waals surface area contributed by atoms with Gasteiger partial charge < -0.3 is 4.74 Å². The number of hydrogen-bond acceptors (Lipinski definition) is 4. The molecule has 4 aliphatic carbocycles. The van der Waals surface area contributed by atoms with Crippen LogP contribution in [-0.2, 0) is 4.74 Å². The van der Waals surface area contributed by atoms with Crippen molar-refractivity contribution in [1.82, 2.24) is 4.37 Å². The summed E-state index contributed by atoms with van der Waals surface area (Å²) in [6.07, 6.45) is 16.3. The molecule has 1 aromatic heterocycles. The third-order valence-electron chi connectivity index (χ3n) is 11.3. The molecule has 0 amide bonds. The zero-order valence-corrected chi connectivity index (χ0v) is 25.7. The van der Waals surface area contributed by atoms with Crippen molar-refractivity contribution in [2.45, 2.75) is 111 Å². The van der Waals surface area contributed by atoms with E-state index in [9.17, 15) is 4.79 Å². The second kappa shape index (κ2) is 10.8. The summed E-state index contributed by atoms with van der Waals surface area (Å²) in [5.41, 5.74) is 2.44. The maximum atomic E-state index is 12.7. The highest BCUT2D eigenvalue weighted by Gasteiger charge is 2.59. The number of allylic oxidation sites excluding steroid dienone is 1. The molecule has 3 nitrogen and oxygen atoms in total. The number of aromatic nitrogens is 1. The van der Waals surface area contributed by atoms with E-state index in [-0.39, 0.29) is 22.2 Å². The number of rotatable bonds is 7. The molecule has 0 aliphatic heterocycles. The zero-order chi connectivity index (χ0) is 26.5. The fourth-order valence-electron chi connectivity index (χ4n) is 9.35. The van der Waals surface area contributed by atoms with Gasteiger partial charge in [-0.2, -0.15) is 4.37 Å². The summed E-state index contributed by atoms with van der Waals surface area (Å²) in [4.78, 5) is 12.7. The Kier molecular flexibility index (Phi) is 8.14. The molecule has 4 aliphatic rings. The number of carbonyl (C=O) groups excluding carboxylic acids is 1. The maximum absolute atomic E-state index is 12.7. The molecule has 0 aromatic carbocycles. The van der Waals surface area contributed by atoms with Crippen LogP contribution < -0.4 is 0 Å². The molecule has 3 fully saturated rings. The van der Waals surface area contributed by atoms with E-state index in [0.29, 0.717) is 9.75 Å². The van der Waals surface area contributed by atoms with Crippen LogP contribution in [0, 0.1) is 46.3 Å². The Morgan fingerprint density at radius 2 is 1.89 bits per heavy atom. The van der Waals surface area contributed by atoms with E-state index in [1.807, 2.05) is 0 Å². The van der Waals surface area contributed by atoms with Crippen LogP contribution in [0.5, 0.6) is 0 Å². The van der Waals surface area contributed by atoms with Gasteiger partial charge in [-0.05, 0) is 103 Å². The Balaban J connectivity index is 1.26. The summed E-state index contributed by atoms with van der Waals surface area (Å²) in [5, 5.41) is 0.214. The molecule has 8 atom stereocenters. The van der Waals surface area contributed by atoms with E-state index in [1.165, 1.54) is 56.9 Å². The van der Waals surface area contributed by atoms with Crippen molar-refractivity contribution in [2.75, 3.05) is 0 Å². The largest absolute Gasteiger partial charge is 0.457 e. The van der Waals surface area contributed by atoms with Gasteiger partial charge in [0, 0.05) is 6.42 Å². The van der Waals surface area contributed by atoms with Crippen molar-refractivity contribution in [1.29, 1.82) is 0 Å². The summed E-state index contributed by atoms with van der Waals surface area (Å²) in [6, 6.07) is 0. The molecule has 0 bridgehead atoms. The van der Waals surface area contributed by atoms with Crippen molar-refractivity contribution in [3.63, 3.8) is 0 Å².